The summed E-state index contributed by atoms with van der Waals surface area (Å²) in [7, 11) is -4.03. The SMILES string of the molecule is Nc1cccn1CCC(NS(=O)(=O)c1cccc2[nH]ccc12)C(=O)N1CCCN(C(=O)CO)CC1. The quantitative estimate of drug-likeness (QED) is 0.348. The summed E-state index contributed by atoms with van der Waals surface area (Å²) in [6, 6.07) is 9.10. The third kappa shape index (κ3) is 5.50. The van der Waals surface area contributed by atoms with Crippen molar-refractivity contribution in [2.45, 2.75) is 30.3 Å². The van der Waals surface area contributed by atoms with Gasteiger partial charge in [0.1, 0.15) is 18.5 Å². The molecule has 0 bridgehead atoms. The van der Waals surface area contributed by atoms with Gasteiger partial charge in [-0.3, -0.25) is 9.59 Å². The molecule has 3 heterocycles. The molecular weight excluding hydrogens is 472 g/mol. The minimum absolute atomic E-state index is 0.0881. The molecule has 2 amide bonds. The molecule has 0 spiro atoms. The monoisotopic (exact) mass is 502 g/mol. The molecule has 35 heavy (non-hydrogen) atoms. The van der Waals surface area contributed by atoms with Crippen LogP contribution in [0.4, 0.5) is 5.82 Å². The second kappa shape index (κ2) is 10.5. The van der Waals surface area contributed by atoms with Gasteiger partial charge in [0.25, 0.3) is 0 Å². The Balaban J connectivity index is 1.57. The number of hydrogen-bond acceptors (Lipinski definition) is 6. The lowest BCUT2D eigenvalue weighted by atomic mass is 10.2. The molecule has 0 aliphatic carbocycles. The number of carbonyl (C=O) groups is 2. The highest BCUT2D eigenvalue weighted by atomic mass is 32.2. The minimum atomic E-state index is -4.03. The zero-order chi connectivity index (χ0) is 25.0. The Hall–Kier alpha value is -3.35. The maximum Gasteiger partial charge on any atom is 0.248 e. The van der Waals surface area contributed by atoms with Gasteiger partial charge in [-0.25, -0.2) is 8.42 Å². The van der Waals surface area contributed by atoms with E-state index in [4.69, 9.17) is 10.8 Å². The van der Waals surface area contributed by atoms with Crippen molar-refractivity contribution in [3.63, 3.8) is 0 Å². The van der Waals surface area contributed by atoms with Crippen molar-refractivity contribution in [1.29, 1.82) is 0 Å². The summed E-state index contributed by atoms with van der Waals surface area (Å²) in [6.45, 7) is 1.09. The van der Waals surface area contributed by atoms with Gasteiger partial charge in [0.2, 0.25) is 21.8 Å². The number of H-pyrrole nitrogens is 1. The fourth-order valence-electron chi connectivity index (χ4n) is 4.38. The summed E-state index contributed by atoms with van der Waals surface area (Å²) in [5.74, 6) is -0.234. The van der Waals surface area contributed by atoms with Crippen LogP contribution in [0.15, 0.2) is 53.7 Å². The molecule has 3 aromatic rings. The zero-order valence-corrected chi connectivity index (χ0v) is 20.1. The van der Waals surface area contributed by atoms with Gasteiger partial charge in [0.05, 0.1) is 4.90 Å². The number of nitrogens with two attached hydrogens (primary N) is 1. The molecule has 1 unspecified atom stereocenters. The van der Waals surface area contributed by atoms with E-state index in [9.17, 15) is 18.0 Å². The lowest BCUT2D eigenvalue weighted by Crippen LogP contribution is -2.50. The number of benzene rings is 1. The molecular formula is C23H30N6O5S. The predicted molar refractivity (Wildman–Crippen MR) is 131 cm³/mol. The van der Waals surface area contributed by atoms with E-state index < -0.39 is 22.7 Å². The number of hydrogen-bond donors (Lipinski definition) is 4. The maximum atomic E-state index is 13.6. The first-order valence-electron chi connectivity index (χ1n) is 11.5. The van der Waals surface area contributed by atoms with Crippen LogP contribution in [0.1, 0.15) is 12.8 Å². The average Bonchev–Trinajstić information content (AvgIpc) is 3.42. The van der Waals surface area contributed by atoms with Gasteiger partial charge < -0.3 is 30.2 Å². The average molecular weight is 503 g/mol. The van der Waals surface area contributed by atoms with Crippen LogP contribution in [0, 0.1) is 0 Å². The van der Waals surface area contributed by atoms with Crippen LogP contribution in [0.25, 0.3) is 10.9 Å². The Bertz CT molecular complexity index is 1300. The molecule has 1 aromatic carbocycles. The maximum absolute atomic E-state index is 13.6. The third-order valence-electron chi connectivity index (χ3n) is 6.26. The van der Waals surface area contributed by atoms with Crippen molar-refractivity contribution < 1.29 is 23.1 Å². The molecule has 1 fully saturated rings. The molecule has 4 rings (SSSR count). The van der Waals surface area contributed by atoms with E-state index in [0.717, 1.165) is 0 Å². The normalized spacial score (nSPS) is 15.8. The topological polar surface area (TPSA) is 154 Å². The summed E-state index contributed by atoms with van der Waals surface area (Å²) in [6.07, 6.45) is 4.16. The minimum Gasteiger partial charge on any atom is -0.387 e. The van der Waals surface area contributed by atoms with Crippen molar-refractivity contribution >= 4 is 38.6 Å². The summed E-state index contributed by atoms with van der Waals surface area (Å²) in [5, 5.41) is 9.69. The van der Waals surface area contributed by atoms with E-state index in [1.165, 1.54) is 11.0 Å². The van der Waals surface area contributed by atoms with Crippen molar-refractivity contribution in [3.05, 3.63) is 48.8 Å². The van der Waals surface area contributed by atoms with Gasteiger partial charge in [-0.1, -0.05) is 6.07 Å². The lowest BCUT2D eigenvalue weighted by Gasteiger charge is -2.27. The molecule has 188 valence electrons. The number of nitrogens with zero attached hydrogens (tertiary/aromatic N) is 3. The second-order valence-corrected chi connectivity index (χ2v) is 10.2. The first-order chi connectivity index (χ1) is 16.8. The highest BCUT2D eigenvalue weighted by Crippen LogP contribution is 2.23. The van der Waals surface area contributed by atoms with E-state index in [-0.39, 0.29) is 36.2 Å². The number of aromatic nitrogens is 2. The van der Waals surface area contributed by atoms with E-state index in [0.29, 0.717) is 42.8 Å². The first kappa shape index (κ1) is 24.8. The number of rotatable bonds is 8. The van der Waals surface area contributed by atoms with Crippen LogP contribution in [-0.4, -0.2) is 83.5 Å². The Labute approximate surface area is 203 Å². The van der Waals surface area contributed by atoms with Crippen molar-refractivity contribution in [2.75, 3.05) is 38.5 Å². The van der Waals surface area contributed by atoms with Crippen molar-refractivity contribution in [3.8, 4) is 0 Å². The van der Waals surface area contributed by atoms with Gasteiger partial charge in [-0.2, -0.15) is 4.72 Å². The van der Waals surface area contributed by atoms with Crippen LogP contribution < -0.4 is 10.5 Å². The standard InChI is InChI=1S/C23H30N6O5S/c24-21-6-2-10-27(21)13-8-19(23(32)29-12-3-11-28(14-15-29)22(31)16-30)26-35(33,34)20-5-1-4-18-17(20)7-9-25-18/h1-2,4-7,9-10,19,25-26,30H,3,8,11-16,24H2. The molecule has 1 saturated heterocycles. The number of aliphatic hydroxyl groups excluding tert-OH is 1. The van der Waals surface area contributed by atoms with Gasteiger partial charge in [0, 0.05) is 56.0 Å². The Morgan fingerprint density at radius 1 is 1.09 bits per heavy atom. The summed E-state index contributed by atoms with van der Waals surface area (Å²) >= 11 is 0. The molecule has 11 nitrogen and oxygen atoms in total. The number of sulfonamides is 1. The third-order valence-corrected chi connectivity index (χ3v) is 7.79. The van der Waals surface area contributed by atoms with Crippen molar-refractivity contribution in [1.82, 2.24) is 24.1 Å². The van der Waals surface area contributed by atoms with Gasteiger partial charge >= 0.3 is 0 Å². The van der Waals surface area contributed by atoms with E-state index >= 15 is 0 Å². The summed E-state index contributed by atoms with van der Waals surface area (Å²) in [5.41, 5.74) is 6.64. The summed E-state index contributed by atoms with van der Waals surface area (Å²) < 4.78 is 31.2. The smallest absolute Gasteiger partial charge is 0.248 e. The molecule has 1 aliphatic rings. The lowest BCUT2D eigenvalue weighted by molar-refractivity contribution is -0.136. The highest BCUT2D eigenvalue weighted by molar-refractivity contribution is 7.89. The highest BCUT2D eigenvalue weighted by Gasteiger charge is 2.31. The Morgan fingerprint density at radius 3 is 2.60 bits per heavy atom. The molecule has 1 atom stereocenters. The fraction of sp³-hybridized carbons (Fsp3) is 0.391. The van der Waals surface area contributed by atoms with Gasteiger partial charge in [-0.05, 0) is 43.2 Å². The second-order valence-electron chi connectivity index (χ2n) is 8.50. The number of aliphatic hydroxyl groups is 1. The van der Waals surface area contributed by atoms with Gasteiger partial charge in [-0.15, -0.1) is 0 Å². The van der Waals surface area contributed by atoms with Crippen LogP contribution in [0.5, 0.6) is 0 Å². The molecule has 2 aromatic heterocycles. The number of amides is 2. The number of carbonyl (C=O) groups excluding carboxylic acids is 2. The molecule has 0 radical (unpaired) electrons. The number of aryl methyl sites for hydroxylation is 1. The Morgan fingerprint density at radius 2 is 1.86 bits per heavy atom. The number of nitrogen functional groups attached to an aromatic ring is 1. The van der Waals surface area contributed by atoms with Gasteiger partial charge in [0.15, 0.2) is 0 Å². The Kier molecular flexibility index (Phi) is 7.43. The zero-order valence-electron chi connectivity index (χ0n) is 19.3. The van der Waals surface area contributed by atoms with Crippen molar-refractivity contribution in [2.24, 2.45) is 0 Å². The van der Waals surface area contributed by atoms with E-state index in [1.807, 2.05) is 0 Å². The molecule has 0 saturated carbocycles. The number of anilines is 1. The fourth-order valence-corrected chi connectivity index (χ4v) is 5.83. The van der Waals surface area contributed by atoms with E-state index in [1.54, 1.807) is 52.2 Å². The summed E-state index contributed by atoms with van der Waals surface area (Å²) in [4.78, 5) is 31.6. The molecule has 12 heteroatoms. The molecule has 5 N–H and O–H groups in total. The first-order valence-corrected chi connectivity index (χ1v) is 12.9. The predicted octanol–water partition coefficient (Wildman–Crippen LogP) is 0.342. The molecule has 1 aliphatic heterocycles. The van der Waals surface area contributed by atoms with E-state index in [2.05, 4.69) is 9.71 Å². The van der Waals surface area contributed by atoms with Crippen LogP contribution in [0.2, 0.25) is 0 Å². The van der Waals surface area contributed by atoms with Crippen LogP contribution >= 0.6 is 0 Å². The number of fused-ring (bicyclic) bond motifs is 1. The largest absolute Gasteiger partial charge is 0.387 e. The van der Waals surface area contributed by atoms with Crippen LogP contribution in [0.3, 0.4) is 0 Å². The number of nitrogens with one attached hydrogen (secondary N) is 2. The number of aromatic amines is 1. The van der Waals surface area contributed by atoms with Crippen LogP contribution in [-0.2, 0) is 26.2 Å².